The third-order valence-corrected chi connectivity index (χ3v) is 7.11. The van der Waals surface area contributed by atoms with Gasteiger partial charge in [-0.2, -0.15) is 0 Å². The average Bonchev–Trinajstić information content (AvgIpc) is 3.44. The zero-order valence-electron chi connectivity index (χ0n) is 17.4. The molecular weight excluding hydrogens is 399 g/mol. The van der Waals surface area contributed by atoms with E-state index in [0.29, 0.717) is 18.4 Å². The summed E-state index contributed by atoms with van der Waals surface area (Å²) >= 11 is 1.82. The van der Waals surface area contributed by atoms with Crippen molar-refractivity contribution in [2.75, 3.05) is 44.2 Å². The smallest absolute Gasteiger partial charge is 0.314 e. The van der Waals surface area contributed by atoms with Crippen molar-refractivity contribution < 1.29 is 9.18 Å². The second-order valence-electron chi connectivity index (χ2n) is 8.47. The standard InChI is InChI=1S/C23H31FN4OS/c24-20-3-5-21(6-4-20)28-12-9-19(16-28)15-26-23(29)25-14-18-7-10-27(11-8-18)17-22-2-1-13-30-22/h1-6,13,18-19H,7-12,14-17H2,(H2,25,26,29). The molecule has 1 atom stereocenters. The fourth-order valence-electron chi connectivity index (χ4n) is 4.39. The van der Waals surface area contributed by atoms with Crippen LogP contribution in [-0.2, 0) is 6.54 Å². The lowest BCUT2D eigenvalue weighted by molar-refractivity contribution is 0.176. The maximum Gasteiger partial charge on any atom is 0.314 e. The number of rotatable bonds is 7. The lowest BCUT2D eigenvalue weighted by atomic mass is 9.97. The van der Waals surface area contributed by atoms with Crippen molar-refractivity contribution in [3.8, 4) is 0 Å². The van der Waals surface area contributed by atoms with E-state index >= 15 is 0 Å². The highest BCUT2D eigenvalue weighted by Crippen LogP contribution is 2.24. The van der Waals surface area contributed by atoms with E-state index in [1.165, 1.54) is 17.0 Å². The van der Waals surface area contributed by atoms with Crippen LogP contribution in [0.1, 0.15) is 24.1 Å². The third-order valence-electron chi connectivity index (χ3n) is 6.25. The molecule has 162 valence electrons. The highest BCUT2D eigenvalue weighted by atomic mass is 32.1. The number of likely N-dealkylation sites (tertiary alicyclic amines) is 1. The molecule has 7 heteroatoms. The molecule has 30 heavy (non-hydrogen) atoms. The summed E-state index contributed by atoms with van der Waals surface area (Å²) in [5, 5.41) is 8.24. The minimum absolute atomic E-state index is 0.0590. The normalized spacial score (nSPS) is 20.4. The first-order valence-corrected chi connectivity index (χ1v) is 11.8. The van der Waals surface area contributed by atoms with Gasteiger partial charge >= 0.3 is 6.03 Å². The molecule has 2 N–H and O–H groups in total. The van der Waals surface area contributed by atoms with Crippen LogP contribution in [-0.4, -0.2) is 50.2 Å². The van der Waals surface area contributed by atoms with Gasteiger partial charge in [0.05, 0.1) is 0 Å². The fourth-order valence-corrected chi connectivity index (χ4v) is 5.14. The zero-order valence-corrected chi connectivity index (χ0v) is 18.2. The molecule has 1 aromatic carbocycles. The number of carbonyl (C=O) groups is 1. The van der Waals surface area contributed by atoms with Crippen LogP contribution in [0.2, 0.25) is 0 Å². The highest BCUT2D eigenvalue weighted by molar-refractivity contribution is 7.09. The van der Waals surface area contributed by atoms with E-state index in [4.69, 9.17) is 0 Å². The molecule has 2 fully saturated rings. The maximum absolute atomic E-state index is 13.1. The molecule has 1 aromatic heterocycles. The molecule has 0 bridgehead atoms. The number of urea groups is 1. The summed E-state index contributed by atoms with van der Waals surface area (Å²) in [7, 11) is 0. The number of nitrogens with zero attached hydrogens (tertiary/aromatic N) is 2. The number of halogens is 1. The molecule has 5 nitrogen and oxygen atoms in total. The Hall–Kier alpha value is -2.12. The first kappa shape index (κ1) is 21.1. The van der Waals surface area contributed by atoms with Gasteiger partial charge in [-0.05, 0) is 79.9 Å². The molecule has 2 aliphatic rings. The van der Waals surface area contributed by atoms with E-state index in [2.05, 4.69) is 37.9 Å². The first-order valence-electron chi connectivity index (χ1n) is 10.9. The van der Waals surface area contributed by atoms with Gasteiger partial charge in [-0.25, -0.2) is 9.18 Å². The van der Waals surface area contributed by atoms with Gasteiger partial charge in [0.15, 0.2) is 0 Å². The number of amides is 2. The predicted molar refractivity (Wildman–Crippen MR) is 120 cm³/mol. The van der Waals surface area contributed by atoms with Crippen molar-refractivity contribution >= 4 is 23.1 Å². The lowest BCUT2D eigenvalue weighted by Gasteiger charge is -2.31. The second-order valence-corrected chi connectivity index (χ2v) is 9.50. The van der Waals surface area contributed by atoms with Gasteiger partial charge in [0, 0.05) is 43.3 Å². The summed E-state index contributed by atoms with van der Waals surface area (Å²) < 4.78 is 13.1. The van der Waals surface area contributed by atoms with Crippen LogP contribution in [0.25, 0.3) is 0 Å². The van der Waals surface area contributed by atoms with E-state index in [-0.39, 0.29) is 11.8 Å². The Morgan fingerprint density at radius 1 is 1.00 bits per heavy atom. The number of piperidine rings is 1. The molecule has 2 amide bonds. The van der Waals surface area contributed by atoms with E-state index in [0.717, 1.165) is 64.2 Å². The van der Waals surface area contributed by atoms with Gasteiger partial charge < -0.3 is 15.5 Å². The van der Waals surface area contributed by atoms with Crippen LogP contribution in [0.15, 0.2) is 41.8 Å². The quantitative estimate of drug-likeness (QED) is 0.700. The molecule has 1 unspecified atom stereocenters. The Morgan fingerprint density at radius 2 is 1.70 bits per heavy atom. The van der Waals surface area contributed by atoms with Gasteiger partial charge in [0.1, 0.15) is 5.82 Å². The number of anilines is 1. The molecule has 0 saturated carbocycles. The van der Waals surface area contributed by atoms with Crippen LogP contribution >= 0.6 is 11.3 Å². The lowest BCUT2D eigenvalue weighted by Crippen LogP contribution is -2.43. The fraction of sp³-hybridized carbons (Fsp3) is 0.522. The summed E-state index contributed by atoms with van der Waals surface area (Å²) in [5.74, 6) is 0.790. The first-order chi connectivity index (χ1) is 14.7. The van der Waals surface area contributed by atoms with Gasteiger partial charge in [-0.3, -0.25) is 4.90 Å². The molecule has 0 radical (unpaired) electrons. The van der Waals surface area contributed by atoms with Crippen molar-refractivity contribution in [2.45, 2.75) is 25.8 Å². The van der Waals surface area contributed by atoms with Gasteiger partial charge in [0.2, 0.25) is 0 Å². The van der Waals surface area contributed by atoms with Crippen molar-refractivity contribution in [2.24, 2.45) is 11.8 Å². The number of thiophene rings is 1. The largest absolute Gasteiger partial charge is 0.371 e. The van der Waals surface area contributed by atoms with Crippen molar-refractivity contribution in [3.63, 3.8) is 0 Å². The molecule has 0 spiro atoms. The summed E-state index contributed by atoms with van der Waals surface area (Å²) in [6.07, 6.45) is 3.32. The number of hydrogen-bond acceptors (Lipinski definition) is 4. The summed E-state index contributed by atoms with van der Waals surface area (Å²) in [6, 6.07) is 10.9. The molecule has 3 heterocycles. The summed E-state index contributed by atoms with van der Waals surface area (Å²) in [5.41, 5.74) is 1.05. The number of nitrogens with one attached hydrogen (secondary N) is 2. The number of carbonyl (C=O) groups excluding carboxylic acids is 1. The molecule has 0 aliphatic carbocycles. The topological polar surface area (TPSA) is 47.6 Å². The van der Waals surface area contributed by atoms with Crippen molar-refractivity contribution in [1.82, 2.24) is 15.5 Å². The molecule has 2 saturated heterocycles. The Morgan fingerprint density at radius 3 is 2.40 bits per heavy atom. The van der Waals surface area contributed by atoms with E-state index in [1.807, 2.05) is 23.5 Å². The Bertz CT molecular complexity index is 790. The minimum atomic E-state index is -0.207. The molecule has 4 rings (SSSR count). The maximum atomic E-state index is 13.1. The molecular formula is C23H31FN4OS. The highest BCUT2D eigenvalue weighted by Gasteiger charge is 2.24. The number of hydrogen-bond donors (Lipinski definition) is 2. The van der Waals surface area contributed by atoms with E-state index in [9.17, 15) is 9.18 Å². The van der Waals surface area contributed by atoms with E-state index < -0.39 is 0 Å². The van der Waals surface area contributed by atoms with Gasteiger partial charge in [-0.1, -0.05) is 6.07 Å². The van der Waals surface area contributed by atoms with Crippen LogP contribution < -0.4 is 15.5 Å². The Kier molecular flexibility index (Phi) is 7.23. The zero-order chi connectivity index (χ0) is 20.8. The Balaban J connectivity index is 1.10. The van der Waals surface area contributed by atoms with E-state index in [1.54, 1.807) is 0 Å². The van der Waals surface area contributed by atoms with Crippen LogP contribution in [0.5, 0.6) is 0 Å². The van der Waals surface area contributed by atoms with Crippen LogP contribution in [0.3, 0.4) is 0 Å². The van der Waals surface area contributed by atoms with Crippen molar-refractivity contribution in [3.05, 3.63) is 52.5 Å². The summed E-state index contributed by atoms with van der Waals surface area (Å²) in [6.45, 7) is 6.54. The average molecular weight is 431 g/mol. The summed E-state index contributed by atoms with van der Waals surface area (Å²) in [4.78, 5) is 18.4. The minimum Gasteiger partial charge on any atom is -0.371 e. The Labute approximate surface area is 182 Å². The monoisotopic (exact) mass is 430 g/mol. The van der Waals surface area contributed by atoms with Crippen LogP contribution in [0, 0.1) is 17.7 Å². The van der Waals surface area contributed by atoms with Crippen molar-refractivity contribution in [1.29, 1.82) is 0 Å². The number of benzene rings is 1. The molecule has 2 aromatic rings. The third kappa shape index (κ3) is 5.95. The second kappa shape index (κ2) is 10.3. The molecule has 2 aliphatic heterocycles. The van der Waals surface area contributed by atoms with Crippen LogP contribution in [0.4, 0.5) is 14.9 Å². The van der Waals surface area contributed by atoms with Gasteiger partial charge in [-0.15, -0.1) is 11.3 Å². The van der Waals surface area contributed by atoms with Gasteiger partial charge in [0.25, 0.3) is 0 Å². The SMILES string of the molecule is O=C(NCC1CCN(Cc2cccs2)CC1)NCC1CCN(c2ccc(F)cc2)C1. The predicted octanol–water partition coefficient (Wildman–Crippen LogP) is 3.92.